The summed E-state index contributed by atoms with van der Waals surface area (Å²) in [5.74, 6) is -1.48. The molecule has 5 aliphatic rings. The van der Waals surface area contributed by atoms with E-state index in [1.165, 1.54) is 20.2 Å². The lowest BCUT2D eigenvalue weighted by Crippen LogP contribution is -2.57. The molecule has 0 spiro atoms. The smallest absolute Gasteiger partial charge is 0.405 e. The van der Waals surface area contributed by atoms with Crippen molar-refractivity contribution in [3.63, 3.8) is 0 Å². The number of hydrogen-bond donors (Lipinski definition) is 1. The van der Waals surface area contributed by atoms with Gasteiger partial charge in [0.2, 0.25) is 5.91 Å². The number of halogens is 3. The number of nitrogens with one attached hydrogen (secondary N) is 1. The fourth-order valence-electron chi connectivity index (χ4n) is 9.51. The number of likely N-dealkylation sites (tertiary alicyclic amines) is 1. The Morgan fingerprint density at radius 3 is 2.34 bits per heavy atom. The van der Waals surface area contributed by atoms with E-state index in [2.05, 4.69) is 21.2 Å². The van der Waals surface area contributed by atoms with E-state index in [1.54, 1.807) is 18.2 Å². The van der Waals surface area contributed by atoms with Gasteiger partial charge in [-0.25, -0.2) is 4.72 Å². The molecule has 2 aromatic carbocycles. The highest BCUT2D eigenvalue weighted by molar-refractivity contribution is 7.87. The van der Waals surface area contributed by atoms with Crippen LogP contribution in [0.4, 0.5) is 13.2 Å². The maximum atomic E-state index is 15.0. The number of piperazine rings is 1. The first-order chi connectivity index (χ1) is 23.7. The molecule has 3 aromatic rings. The zero-order valence-electron chi connectivity index (χ0n) is 28.4. The molecule has 14 heteroatoms. The summed E-state index contributed by atoms with van der Waals surface area (Å²) in [6.07, 6.45) is 2.17. The highest BCUT2D eigenvalue weighted by Gasteiger charge is 2.66. The number of rotatable bonds is 6. The minimum Gasteiger partial charge on any atom is -0.405 e. The Morgan fingerprint density at radius 2 is 1.68 bits per heavy atom. The van der Waals surface area contributed by atoms with Gasteiger partial charge < -0.3 is 19.1 Å². The lowest BCUT2D eigenvalue weighted by atomic mass is 9.81. The number of amides is 2. The van der Waals surface area contributed by atoms with Crippen LogP contribution in [0.15, 0.2) is 36.4 Å². The molecule has 4 atom stereocenters. The highest BCUT2D eigenvalue weighted by atomic mass is 32.2. The molecule has 10 nitrogen and oxygen atoms in total. The van der Waals surface area contributed by atoms with Gasteiger partial charge in [0.1, 0.15) is 5.75 Å². The fourth-order valence-corrected chi connectivity index (χ4v) is 10.0. The summed E-state index contributed by atoms with van der Waals surface area (Å²) in [5, 5.41) is 0.855. The predicted molar refractivity (Wildman–Crippen MR) is 181 cm³/mol. The first kappa shape index (κ1) is 33.5. The highest BCUT2D eigenvalue weighted by Crippen LogP contribution is 2.68. The molecule has 4 heterocycles. The van der Waals surface area contributed by atoms with Crippen LogP contribution in [-0.2, 0) is 21.5 Å². The summed E-state index contributed by atoms with van der Waals surface area (Å²) in [6, 6.07) is 9.95. The molecule has 2 saturated heterocycles. The molecule has 2 aliphatic carbocycles. The zero-order valence-corrected chi connectivity index (χ0v) is 29.2. The van der Waals surface area contributed by atoms with Crippen LogP contribution >= 0.6 is 0 Å². The van der Waals surface area contributed by atoms with Crippen molar-refractivity contribution in [3.05, 3.63) is 53.1 Å². The van der Waals surface area contributed by atoms with Crippen LogP contribution in [0.1, 0.15) is 84.7 Å². The third-order valence-corrected chi connectivity index (χ3v) is 13.2. The maximum Gasteiger partial charge on any atom is 0.573 e. The topological polar surface area (TPSA) is 104 Å². The quantitative estimate of drug-likeness (QED) is 0.358. The van der Waals surface area contributed by atoms with Gasteiger partial charge in [0, 0.05) is 79.3 Å². The Morgan fingerprint density at radius 1 is 0.980 bits per heavy atom. The van der Waals surface area contributed by atoms with E-state index >= 15 is 0 Å². The third kappa shape index (κ3) is 5.40. The number of aromatic nitrogens is 1. The van der Waals surface area contributed by atoms with Crippen molar-refractivity contribution in [2.75, 3.05) is 34.2 Å². The SMILES string of the molecule is CN1CC2CCC(C1)N2C(=O)C12CC1c1c(OC(F)(F)F)cccc1-c1c(C3CCCCC3)c3ccc(C(=O)NS(=O)(=O)N(C)C)cc3n1C2. The minimum atomic E-state index is -4.92. The zero-order chi connectivity index (χ0) is 35.3. The van der Waals surface area contributed by atoms with Gasteiger partial charge in [0.05, 0.1) is 11.1 Å². The average molecular weight is 714 g/mol. The van der Waals surface area contributed by atoms with Crippen LogP contribution in [0.3, 0.4) is 0 Å². The summed E-state index contributed by atoms with van der Waals surface area (Å²) in [6.45, 7) is 1.72. The predicted octanol–water partition coefficient (Wildman–Crippen LogP) is 5.58. The van der Waals surface area contributed by atoms with Crippen molar-refractivity contribution >= 4 is 32.9 Å². The van der Waals surface area contributed by atoms with Gasteiger partial charge in [-0.05, 0) is 68.8 Å². The molecular weight excluding hydrogens is 671 g/mol. The number of alkyl halides is 3. The van der Waals surface area contributed by atoms with Gasteiger partial charge >= 0.3 is 16.6 Å². The van der Waals surface area contributed by atoms with Crippen LogP contribution in [0.2, 0.25) is 0 Å². The molecule has 1 aromatic heterocycles. The van der Waals surface area contributed by atoms with Crippen molar-refractivity contribution in [1.82, 2.24) is 23.4 Å². The number of fused-ring (bicyclic) bond motifs is 9. The summed E-state index contributed by atoms with van der Waals surface area (Å²) in [4.78, 5) is 32.6. The Labute approximate surface area is 289 Å². The number of likely N-dealkylation sites (N-methyl/N-ethyl adjacent to an activating group) is 1. The van der Waals surface area contributed by atoms with Crippen molar-refractivity contribution in [1.29, 1.82) is 0 Å². The van der Waals surface area contributed by atoms with Gasteiger partial charge in [-0.3, -0.25) is 9.59 Å². The molecule has 2 saturated carbocycles. The summed E-state index contributed by atoms with van der Waals surface area (Å²) < 4.78 is 76.9. The third-order valence-electron chi connectivity index (χ3n) is 11.8. The van der Waals surface area contributed by atoms with Gasteiger partial charge in [-0.15, -0.1) is 13.2 Å². The monoisotopic (exact) mass is 713 g/mol. The lowest BCUT2D eigenvalue weighted by molar-refractivity contribution is -0.274. The van der Waals surface area contributed by atoms with E-state index in [1.807, 2.05) is 17.0 Å². The second-order valence-corrected chi connectivity index (χ2v) is 17.0. The fraction of sp³-hybridized carbons (Fsp3) is 0.556. The molecule has 268 valence electrons. The first-order valence-corrected chi connectivity index (χ1v) is 18.9. The lowest BCUT2D eigenvalue weighted by Gasteiger charge is -2.41. The van der Waals surface area contributed by atoms with Crippen molar-refractivity contribution < 1.29 is 35.9 Å². The van der Waals surface area contributed by atoms with Gasteiger partial charge in [0.15, 0.2) is 0 Å². The molecule has 4 fully saturated rings. The molecular formula is C36H42F3N5O5S. The van der Waals surface area contributed by atoms with E-state index < -0.39 is 33.8 Å². The number of ether oxygens (including phenoxy) is 1. The largest absolute Gasteiger partial charge is 0.573 e. The van der Waals surface area contributed by atoms with E-state index in [4.69, 9.17) is 4.74 Å². The molecule has 1 N–H and O–H groups in total. The van der Waals surface area contributed by atoms with Gasteiger partial charge in [-0.1, -0.05) is 37.5 Å². The Kier molecular flexibility index (Phi) is 7.85. The number of benzene rings is 2. The standard InChI is InChI=1S/C36H42F3N5O5S/c1-41(2)50(47,48)40-33(45)22-12-15-25-28(16-22)43-20-35(34(46)44-23-13-14-24(44)19-42(3)18-23)17-27(35)31-26(10-7-11-29(31)49-36(37,38)39)32(43)30(25)21-8-5-4-6-9-21/h7,10-12,15-16,21,23-24,27H,4-6,8-9,13-14,17-20H2,1-3H3,(H,40,45). The molecule has 2 bridgehead atoms. The Hall–Kier alpha value is -3.62. The molecule has 3 aliphatic heterocycles. The van der Waals surface area contributed by atoms with Crippen LogP contribution in [0.25, 0.3) is 22.2 Å². The van der Waals surface area contributed by atoms with E-state index in [0.717, 1.165) is 79.0 Å². The minimum absolute atomic E-state index is 0.0317. The maximum absolute atomic E-state index is 15.0. The van der Waals surface area contributed by atoms with Gasteiger partial charge in [0.25, 0.3) is 5.91 Å². The molecule has 2 amide bonds. The van der Waals surface area contributed by atoms with Crippen molar-refractivity contribution in [3.8, 4) is 17.0 Å². The molecule has 50 heavy (non-hydrogen) atoms. The Balaban J connectivity index is 1.35. The molecule has 0 radical (unpaired) electrons. The van der Waals surface area contributed by atoms with Crippen LogP contribution in [0, 0.1) is 5.41 Å². The number of nitrogens with zero attached hydrogens (tertiary/aromatic N) is 4. The second-order valence-electron chi connectivity index (χ2n) is 15.1. The van der Waals surface area contributed by atoms with E-state index in [0.29, 0.717) is 23.1 Å². The van der Waals surface area contributed by atoms with Gasteiger partial charge in [-0.2, -0.15) is 12.7 Å². The summed E-state index contributed by atoms with van der Waals surface area (Å²) in [7, 11) is 0.632. The van der Waals surface area contributed by atoms with Crippen LogP contribution < -0.4 is 9.46 Å². The van der Waals surface area contributed by atoms with E-state index in [-0.39, 0.29) is 41.8 Å². The Bertz CT molecular complexity index is 1990. The first-order valence-electron chi connectivity index (χ1n) is 17.5. The summed E-state index contributed by atoms with van der Waals surface area (Å²) >= 11 is 0. The molecule has 4 unspecified atom stereocenters. The van der Waals surface area contributed by atoms with Crippen LogP contribution in [0.5, 0.6) is 5.75 Å². The van der Waals surface area contributed by atoms with Crippen molar-refractivity contribution in [2.45, 2.75) is 88.2 Å². The second kappa shape index (κ2) is 11.7. The average Bonchev–Trinajstić information content (AvgIpc) is 3.62. The van der Waals surface area contributed by atoms with Crippen LogP contribution in [-0.4, -0.2) is 91.6 Å². The van der Waals surface area contributed by atoms with E-state index in [9.17, 15) is 31.2 Å². The molecule has 8 rings (SSSR count). The van der Waals surface area contributed by atoms with Crippen molar-refractivity contribution in [2.24, 2.45) is 5.41 Å². The summed E-state index contributed by atoms with van der Waals surface area (Å²) in [5.41, 5.74) is 2.56. The normalized spacial score (nSPS) is 26.7. The number of carbonyl (C=O) groups excluding carboxylic acids is 2. The number of carbonyl (C=O) groups is 2. The number of hydrogen-bond acceptors (Lipinski definition) is 6.